The van der Waals surface area contributed by atoms with Crippen molar-refractivity contribution < 1.29 is 9.72 Å². The Hall–Kier alpha value is -2.46. The average Bonchev–Trinajstić information content (AvgIpc) is 2.45. The van der Waals surface area contributed by atoms with E-state index in [-0.39, 0.29) is 22.1 Å². The standard InChI is InChI=1S/C15H13N3O3S/c1-8-13(9(2)19)14(11(7-16)15(22)17-8)10-5-3-4-6-12(10)18(20)21/h3-6,13-14,22H,1-2H3/t13?,14-/m0/s1. The molecule has 0 amide bonds. The largest absolute Gasteiger partial charge is 0.299 e. The van der Waals surface area contributed by atoms with E-state index in [1.54, 1.807) is 25.1 Å². The third-order valence-electron chi connectivity index (χ3n) is 3.64. The number of aliphatic imine (C=N–C) groups is 1. The molecule has 0 fully saturated rings. The maximum atomic E-state index is 12.0. The number of thiol groups is 1. The Morgan fingerprint density at radius 2 is 2.09 bits per heavy atom. The van der Waals surface area contributed by atoms with Gasteiger partial charge in [-0.1, -0.05) is 18.2 Å². The van der Waals surface area contributed by atoms with Gasteiger partial charge < -0.3 is 0 Å². The van der Waals surface area contributed by atoms with E-state index >= 15 is 0 Å². The van der Waals surface area contributed by atoms with Crippen LogP contribution >= 0.6 is 12.6 Å². The van der Waals surface area contributed by atoms with Crippen LogP contribution in [0.3, 0.4) is 0 Å². The second-order valence-electron chi connectivity index (χ2n) is 4.98. The van der Waals surface area contributed by atoms with E-state index in [9.17, 15) is 20.2 Å². The maximum absolute atomic E-state index is 12.0. The lowest BCUT2D eigenvalue weighted by Crippen LogP contribution is -2.31. The molecule has 22 heavy (non-hydrogen) atoms. The highest BCUT2D eigenvalue weighted by molar-refractivity contribution is 7.84. The average molecular weight is 315 g/mol. The summed E-state index contributed by atoms with van der Waals surface area (Å²) < 4.78 is 0. The topological polar surface area (TPSA) is 96.4 Å². The second-order valence-corrected chi connectivity index (χ2v) is 5.41. The van der Waals surface area contributed by atoms with Crippen molar-refractivity contribution in [2.24, 2.45) is 10.9 Å². The molecule has 0 saturated carbocycles. The van der Waals surface area contributed by atoms with Crippen LogP contribution < -0.4 is 0 Å². The summed E-state index contributed by atoms with van der Waals surface area (Å²) in [6.07, 6.45) is 0. The highest BCUT2D eigenvalue weighted by Crippen LogP contribution is 2.42. The number of nitro benzene ring substituents is 1. The van der Waals surface area contributed by atoms with Gasteiger partial charge in [-0.2, -0.15) is 5.26 Å². The zero-order chi connectivity index (χ0) is 16.4. The third-order valence-corrected chi connectivity index (χ3v) is 3.99. The molecule has 7 heteroatoms. The van der Waals surface area contributed by atoms with E-state index in [1.165, 1.54) is 13.0 Å². The van der Waals surface area contributed by atoms with Crippen LogP contribution in [0.5, 0.6) is 0 Å². The van der Waals surface area contributed by atoms with Gasteiger partial charge in [0, 0.05) is 23.3 Å². The van der Waals surface area contributed by atoms with E-state index < -0.39 is 16.8 Å². The summed E-state index contributed by atoms with van der Waals surface area (Å²) in [4.78, 5) is 26.9. The number of hydrogen-bond donors (Lipinski definition) is 1. The molecule has 0 spiro atoms. The van der Waals surface area contributed by atoms with Gasteiger partial charge in [-0.3, -0.25) is 14.9 Å². The van der Waals surface area contributed by atoms with Gasteiger partial charge in [0.15, 0.2) is 0 Å². The summed E-state index contributed by atoms with van der Waals surface area (Å²) in [5.74, 6) is -1.64. The van der Waals surface area contributed by atoms with Gasteiger partial charge >= 0.3 is 0 Å². The fraction of sp³-hybridized carbons (Fsp3) is 0.267. The molecule has 1 aromatic carbocycles. The van der Waals surface area contributed by atoms with Gasteiger partial charge in [0.1, 0.15) is 10.8 Å². The lowest BCUT2D eigenvalue weighted by atomic mass is 9.75. The number of nitro groups is 1. The van der Waals surface area contributed by atoms with E-state index in [2.05, 4.69) is 17.6 Å². The first-order chi connectivity index (χ1) is 10.4. The predicted molar refractivity (Wildman–Crippen MR) is 84.7 cm³/mol. The number of Topliss-reactive ketones (excluding diaryl/α,β-unsaturated/α-hetero) is 1. The monoisotopic (exact) mass is 315 g/mol. The van der Waals surface area contributed by atoms with Crippen LogP contribution in [0.2, 0.25) is 0 Å². The van der Waals surface area contributed by atoms with Crippen LogP contribution in [0.1, 0.15) is 25.3 Å². The fourth-order valence-electron chi connectivity index (χ4n) is 2.74. The molecule has 112 valence electrons. The lowest BCUT2D eigenvalue weighted by molar-refractivity contribution is -0.385. The van der Waals surface area contributed by atoms with Crippen molar-refractivity contribution in [3.8, 4) is 6.07 Å². The molecule has 0 radical (unpaired) electrons. The first kappa shape index (κ1) is 15.9. The minimum atomic E-state index is -0.742. The van der Waals surface area contributed by atoms with Crippen LogP contribution in [0.15, 0.2) is 39.9 Å². The summed E-state index contributed by atoms with van der Waals surface area (Å²) in [5.41, 5.74) is 0.871. The number of ketones is 1. The van der Waals surface area contributed by atoms with Gasteiger partial charge in [0.25, 0.3) is 5.69 Å². The maximum Gasteiger partial charge on any atom is 0.273 e. The Morgan fingerprint density at radius 3 is 2.64 bits per heavy atom. The molecular formula is C15H13N3O3S. The summed E-state index contributed by atoms with van der Waals surface area (Å²) in [6, 6.07) is 8.12. The molecule has 2 atom stereocenters. The van der Waals surface area contributed by atoms with E-state index in [1.807, 2.05) is 6.07 Å². The zero-order valence-corrected chi connectivity index (χ0v) is 12.9. The summed E-state index contributed by atoms with van der Waals surface area (Å²) in [7, 11) is 0. The molecule has 1 unspecified atom stereocenters. The predicted octanol–water partition coefficient (Wildman–Crippen LogP) is 3.02. The third kappa shape index (κ3) is 2.65. The Balaban J connectivity index is 2.74. The minimum absolute atomic E-state index is 0.123. The fourth-order valence-corrected chi connectivity index (χ4v) is 3.09. The van der Waals surface area contributed by atoms with Crippen molar-refractivity contribution in [2.45, 2.75) is 19.8 Å². The van der Waals surface area contributed by atoms with Crippen molar-refractivity contribution >= 4 is 29.8 Å². The quantitative estimate of drug-likeness (QED) is 0.526. The van der Waals surface area contributed by atoms with E-state index in [0.717, 1.165) is 0 Å². The molecule has 6 nitrogen and oxygen atoms in total. The number of benzene rings is 1. The molecule has 1 aliphatic heterocycles. The highest BCUT2D eigenvalue weighted by atomic mass is 32.1. The van der Waals surface area contributed by atoms with Crippen LogP contribution in [-0.2, 0) is 4.79 Å². The second kappa shape index (κ2) is 6.12. The van der Waals surface area contributed by atoms with Gasteiger partial charge in [-0.15, -0.1) is 12.6 Å². The summed E-state index contributed by atoms with van der Waals surface area (Å²) >= 11 is 4.19. The van der Waals surface area contributed by atoms with E-state index in [0.29, 0.717) is 11.3 Å². The van der Waals surface area contributed by atoms with Gasteiger partial charge in [-0.05, 0) is 13.8 Å². The van der Waals surface area contributed by atoms with Crippen molar-refractivity contribution in [3.05, 3.63) is 50.5 Å². The van der Waals surface area contributed by atoms with Crippen LogP contribution in [0.25, 0.3) is 0 Å². The Kier molecular flexibility index (Phi) is 4.43. The smallest absolute Gasteiger partial charge is 0.273 e. The summed E-state index contributed by atoms with van der Waals surface area (Å²) in [5, 5.41) is 20.9. The number of carbonyl (C=O) groups is 1. The first-order valence-corrected chi connectivity index (χ1v) is 6.95. The molecule has 0 saturated heterocycles. The first-order valence-electron chi connectivity index (χ1n) is 6.50. The van der Waals surface area contributed by atoms with E-state index in [4.69, 9.17) is 0 Å². The van der Waals surface area contributed by atoms with Crippen LogP contribution in [0.4, 0.5) is 5.69 Å². The van der Waals surface area contributed by atoms with Gasteiger partial charge in [-0.25, -0.2) is 4.99 Å². The van der Waals surface area contributed by atoms with Gasteiger partial charge in [0.05, 0.1) is 22.5 Å². The van der Waals surface area contributed by atoms with Crippen LogP contribution in [0, 0.1) is 27.4 Å². The van der Waals surface area contributed by atoms with Crippen molar-refractivity contribution in [1.29, 1.82) is 5.26 Å². The molecular weight excluding hydrogens is 302 g/mol. The van der Waals surface area contributed by atoms with Crippen LogP contribution in [-0.4, -0.2) is 16.4 Å². The number of carbonyl (C=O) groups excluding carboxylic acids is 1. The number of nitrogens with zero attached hydrogens (tertiary/aromatic N) is 3. The molecule has 1 aliphatic rings. The van der Waals surface area contributed by atoms with Crippen molar-refractivity contribution in [2.75, 3.05) is 0 Å². The number of para-hydroxylation sites is 1. The highest BCUT2D eigenvalue weighted by Gasteiger charge is 2.39. The molecule has 0 aliphatic carbocycles. The number of hydrogen-bond acceptors (Lipinski definition) is 6. The number of rotatable bonds is 3. The molecule has 1 aromatic rings. The Bertz CT molecular complexity index is 762. The molecule has 2 rings (SSSR count). The number of nitriles is 1. The summed E-state index contributed by atoms with van der Waals surface area (Å²) in [6.45, 7) is 3.06. The van der Waals surface area contributed by atoms with Gasteiger partial charge in [0.2, 0.25) is 0 Å². The Labute approximate surface area is 132 Å². The molecule has 0 bridgehead atoms. The lowest BCUT2D eigenvalue weighted by Gasteiger charge is -2.28. The normalized spacial score (nSPS) is 21.1. The molecule has 1 heterocycles. The Morgan fingerprint density at radius 1 is 1.45 bits per heavy atom. The van der Waals surface area contributed by atoms with Crippen molar-refractivity contribution in [3.63, 3.8) is 0 Å². The van der Waals surface area contributed by atoms with Crippen molar-refractivity contribution in [1.82, 2.24) is 0 Å². The zero-order valence-electron chi connectivity index (χ0n) is 12.0. The SMILES string of the molecule is CC(=O)C1C(C)=NC(S)=C(C#N)[C@@H]1c1ccccc1[N+](=O)[O-]. The molecule has 0 N–H and O–H groups in total. The number of allylic oxidation sites excluding steroid dienone is 1. The minimum Gasteiger partial charge on any atom is -0.299 e. The molecule has 0 aromatic heterocycles.